The van der Waals surface area contributed by atoms with E-state index in [1.807, 2.05) is 0 Å². The Morgan fingerprint density at radius 1 is 1.13 bits per heavy atom. The van der Waals surface area contributed by atoms with E-state index in [-0.39, 0.29) is 0 Å². The van der Waals surface area contributed by atoms with Gasteiger partial charge in [-0.05, 0) is 37.6 Å². The average Bonchev–Trinajstić information content (AvgIpc) is 2.53. The predicted octanol–water partition coefficient (Wildman–Crippen LogP) is 2.92. The van der Waals surface area contributed by atoms with Crippen molar-refractivity contribution in [3.05, 3.63) is 36.5 Å². The van der Waals surface area contributed by atoms with Crippen LogP contribution in [-0.4, -0.2) is 13.1 Å². The molecule has 0 saturated carbocycles. The summed E-state index contributed by atoms with van der Waals surface area (Å²) in [4.78, 5) is 0. The van der Waals surface area contributed by atoms with E-state index in [1.165, 1.54) is 12.8 Å². The van der Waals surface area contributed by atoms with E-state index in [4.69, 9.17) is 0 Å². The van der Waals surface area contributed by atoms with Gasteiger partial charge in [0.25, 0.3) is 0 Å². The summed E-state index contributed by atoms with van der Waals surface area (Å²) in [5, 5.41) is 3.41. The van der Waals surface area contributed by atoms with Crippen LogP contribution in [-0.2, 0) is 0 Å². The van der Waals surface area contributed by atoms with Crippen molar-refractivity contribution in [2.24, 2.45) is 17.8 Å². The highest BCUT2D eigenvalue weighted by molar-refractivity contribution is 5.16. The van der Waals surface area contributed by atoms with Gasteiger partial charge in [0.05, 0.1) is 0 Å². The first kappa shape index (κ1) is 10.7. The van der Waals surface area contributed by atoms with Gasteiger partial charge in [-0.2, -0.15) is 0 Å². The second-order valence-corrected chi connectivity index (χ2v) is 4.76. The molecular weight excluding hydrogens is 182 g/mol. The summed E-state index contributed by atoms with van der Waals surface area (Å²) in [7, 11) is 2.07. The van der Waals surface area contributed by atoms with Crippen molar-refractivity contribution < 1.29 is 0 Å². The maximum absolute atomic E-state index is 3.41. The van der Waals surface area contributed by atoms with Crippen LogP contribution in [0.15, 0.2) is 36.5 Å². The molecule has 0 aromatic rings. The van der Waals surface area contributed by atoms with Gasteiger partial charge in [0.15, 0.2) is 0 Å². The Balaban J connectivity index is 2.18. The first-order valence-electron chi connectivity index (χ1n) is 6.00. The summed E-state index contributed by atoms with van der Waals surface area (Å²) in [6, 6.07) is 0.645. The molecule has 0 bridgehead atoms. The maximum atomic E-state index is 3.41. The van der Waals surface area contributed by atoms with Crippen molar-refractivity contribution in [3.8, 4) is 0 Å². The maximum Gasteiger partial charge on any atom is 0.0104 e. The Hall–Kier alpha value is -0.820. The number of nitrogens with one attached hydrogen (secondary N) is 1. The van der Waals surface area contributed by atoms with Gasteiger partial charge in [-0.3, -0.25) is 0 Å². The van der Waals surface area contributed by atoms with Crippen molar-refractivity contribution >= 4 is 0 Å². The molecule has 2 rings (SSSR count). The Morgan fingerprint density at radius 2 is 1.93 bits per heavy atom. The smallest absolute Gasteiger partial charge is 0.0104 e. The molecule has 1 heteroatoms. The van der Waals surface area contributed by atoms with Gasteiger partial charge in [-0.15, -0.1) is 0 Å². The molecule has 1 N–H and O–H groups in total. The third-order valence-corrected chi connectivity index (χ3v) is 3.73. The van der Waals surface area contributed by atoms with E-state index in [1.54, 1.807) is 0 Å². The highest BCUT2D eigenvalue weighted by atomic mass is 14.9. The van der Waals surface area contributed by atoms with Crippen LogP contribution in [0.1, 0.15) is 19.8 Å². The number of allylic oxidation sites excluding steroid dienone is 5. The van der Waals surface area contributed by atoms with Crippen LogP contribution in [0.3, 0.4) is 0 Å². The Kier molecular flexibility index (Phi) is 3.42. The minimum atomic E-state index is 0.645. The number of fused-ring (bicyclic) bond motifs is 1. The van der Waals surface area contributed by atoms with Crippen molar-refractivity contribution in [3.63, 3.8) is 0 Å². The zero-order chi connectivity index (χ0) is 10.7. The number of hydrogen-bond acceptors (Lipinski definition) is 1. The molecular formula is C14H21N. The van der Waals surface area contributed by atoms with Gasteiger partial charge < -0.3 is 5.32 Å². The molecule has 0 spiro atoms. The first-order chi connectivity index (χ1) is 7.31. The van der Waals surface area contributed by atoms with Crippen molar-refractivity contribution in [2.75, 3.05) is 7.05 Å². The highest BCUT2D eigenvalue weighted by Crippen LogP contribution is 2.33. The van der Waals surface area contributed by atoms with E-state index >= 15 is 0 Å². The Bertz CT molecular complexity index is 288. The van der Waals surface area contributed by atoms with Crippen molar-refractivity contribution in [2.45, 2.75) is 25.8 Å². The lowest BCUT2D eigenvalue weighted by molar-refractivity contribution is 0.348. The van der Waals surface area contributed by atoms with E-state index in [0.717, 1.165) is 0 Å². The van der Waals surface area contributed by atoms with Gasteiger partial charge in [-0.25, -0.2) is 0 Å². The summed E-state index contributed by atoms with van der Waals surface area (Å²) in [6.45, 7) is 2.32. The second-order valence-electron chi connectivity index (χ2n) is 4.76. The Labute approximate surface area is 93.0 Å². The topological polar surface area (TPSA) is 12.0 Å². The van der Waals surface area contributed by atoms with Gasteiger partial charge in [0.1, 0.15) is 0 Å². The monoisotopic (exact) mass is 203 g/mol. The molecule has 0 aromatic heterocycles. The zero-order valence-electron chi connectivity index (χ0n) is 9.69. The summed E-state index contributed by atoms with van der Waals surface area (Å²) in [5.74, 6) is 2.06. The number of rotatable bonds is 1. The fourth-order valence-electron chi connectivity index (χ4n) is 2.71. The van der Waals surface area contributed by atoms with E-state index in [9.17, 15) is 0 Å². The average molecular weight is 203 g/mol. The molecule has 0 aliphatic heterocycles. The molecule has 2 aliphatic rings. The third kappa shape index (κ3) is 2.40. The summed E-state index contributed by atoms with van der Waals surface area (Å²) in [5.41, 5.74) is 0. The molecule has 0 fully saturated rings. The van der Waals surface area contributed by atoms with Gasteiger partial charge in [0.2, 0.25) is 0 Å². The first-order valence-corrected chi connectivity index (χ1v) is 6.00. The van der Waals surface area contributed by atoms with Crippen LogP contribution >= 0.6 is 0 Å². The lowest BCUT2D eigenvalue weighted by Crippen LogP contribution is -2.28. The van der Waals surface area contributed by atoms with E-state index in [0.29, 0.717) is 23.8 Å². The minimum absolute atomic E-state index is 0.645. The molecule has 0 radical (unpaired) electrons. The minimum Gasteiger partial charge on any atom is -0.317 e. The van der Waals surface area contributed by atoms with Crippen LogP contribution < -0.4 is 5.32 Å². The predicted molar refractivity (Wildman–Crippen MR) is 65.6 cm³/mol. The van der Waals surface area contributed by atoms with Gasteiger partial charge in [-0.1, -0.05) is 43.4 Å². The normalized spacial score (nSPS) is 39.6. The van der Waals surface area contributed by atoms with Crippen molar-refractivity contribution in [1.82, 2.24) is 5.32 Å². The Morgan fingerprint density at radius 3 is 2.73 bits per heavy atom. The lowest BCUT2D eigenvalue weighted by atomic mass is 9.81. The zero-order valence-corrected chi connectivity index (χ0v) is 9.69. The second kappa shape index (κ2) is 4.80. The van der Waals surface area contributed by atoms with E-state index < -0.39 is 0 Å². The quantitative estimate of drug-likeness (QED) is 0.646. The molecule has 1 nitrogen and oxygen atoms in total. The molecule has 4 unspecified atom stereocenters. The molecule has 2 aliphatic carbocycles. The summed E-state index contributed by atoms with van der Waals surface area (Å²) < 4.78 is 0. The van der Waals surface area contributed by atoms with Crippen molar-refractivity contribution in [1.29, 1.82) is 0 Å². The van der Waals surface area contributed by atoms with Crippen LogP contribution in [0.5, 0.6) is 0 Å². The SMILES string of the molecule is CNC1CC=CC2C(C)C=CC=CC2C1. The van der Waals surface area contributed by atoms with Crippen LogP contribution in [0.25, 0.3) is 0 Å². The standard InChI is InChI=1S/C14H21N/c1-11-6-3-4-7-12-10-13(15-2)8-5-9-14(11)12/h3-7,9,11-15H,8,10H2,1-2H3. The largest absolute Gasteiger partial charge is 0.317 e. The van der Waals surface area contributed by atoms with Crippen LogP contribution in [0.4, 0.5) is 0 Å². The molecule has 0 amide bonds. The number of hydrogen-bond donors (Lipinski definition) is 1. The molecule has 0 aromatic carbocycles. The molecule has 0 heterocycles. The molecule has 82 valence electrons. The van der Waals surface area contributed by atoms with Gasteiger partial charge in [0, 0.05) is 6.04 Å². The molecule has 15 heavy (non-hydrogen) atoms. The molecule has 0 saturated heterocycles. The highest BCUT2D eigenvalue weighted by Gasteiger charge is 2.26. The fourth-order valence-corrected chi connectivity index (χ4v) is 2.71. The van der Waals surface area contributed by atoms with Crippen LogP contribution in [0, 0.1) is 17.8 Å². The molecule has 4 atom stereocenters. The van der Waals surface area contributed by atoms with Gasteiger partial charge >= 0.3 is 0 Å². The summed E-state index contributed by atoms with van der Waals surface area (Å²) in [6.07, 6.45) is 16.3. The van der Waals surface area contributed by atoms with E-state index in [2.05, 4.69) is 55.7 Å². The lowest BCUT2D eigenvalue weighted by Gasteiger charge is -2.25. The fraction of sp³-hybridized carbons (Fsp3) is 0.571. The third-order valence-electron chi connectivity index (χ3n) is 3.73. The van der Waals surface area contributed by atoms with Crippen LogP contribution in [0.2, 0.25) is 0 Å². The summed E-state index contributed by atoms with van der Waals surface area (Å²) >= 11 is 0.